The van der Waals surface area contributed by atoms with Gasteiger partial charge in [-0.1, -0.05) is 11.6 Å². The summed E-state index contributed by atoms with van der Waals surface area (Å²) in [7, 11) is 0. The van der Waals surface area contributed by atoms with Gasteiger partial charge in [-0.15, -0.1) is 0 Å². The van der Waals surface area contributed by atoms with E-state index in [-0.39, 0.29) is 17.0 Å². The van der Waals surface area contributed by atoms with Crippen LogP contribution in [0, 0.1) is 0 Å². The van der Waals surface area contributed by atoms with Gasteiger partial charge >= 0.3 is 0 Å². The first-order valence-corrected chi connectivity index (χ1v) is 6.59. The number of rotatable bonds is 2. The molecule has 0 spiro atoms. The fourth-order valence-electron chi connectivity index (χ4n) is 1.56. The number of H-pyrrole nitrogens is 1. The zero-order chi connectivity index (χ0) is 14.1. The van der Waals surface area contributed by atoms with Crippen LogP contribution >= 0.6 is 27.5 Å². The smallest absolute Gasteiger partial charge is 0.259 e. The van der Waals surface area contributed by atoms with Gasteiger partial charge in [0.15, 0.2) is 10.8 Å². The number of aromatic amines is 1. The maximum atomic E-state index is 12.0. The Hall–Kier alpha value is -2.06. The molecule has 3 aromatic rings. The second-order valence-electron chi connectivity index (χ2n) is 3.79. The van der Waals surface area contributed by atoms with Gasteiger partial charge < -0.3 is 4.98 Å². The van der Waals surface area contributed by atoms with Crippen molar-refractivity contribution in [2.24, 2.45) is 0 Å². The summed E-state index contributed by atoms with van der Waals surface area (Å²) in [5, 5.41) is 2.74. The molecular formula is C11H6BrClN6O. The molecule has 0 saturated carbocycles. The van der Waals surface area contributed by atoms with Crippen LogP contribution in [0.1, 0.15) is 10.4 Å². The SMILES string of the molecule is O=C(Nc1nc(Cl)c2[nH]cnc2n1)c1cncc(Br)c1. The number of halogens is 2. The summed E-state index contributed by atoms with van der Waals surface area (Å²) in [6.45, 7) is 0. The maximum Gasteiger partial charge on any atom is 0.259 e. The number of amides is 1. The van der Waals surface area contributed by atoms with Crippen molar-refractivity contribution >= 4 is 50.6 Å². The van der Waals surface area contributed by atoms with Crippen molar-refractivity contribution in [2.75, 3.05) is 5.32 Å². The maximum absolute atomic E-state index is 12.0. The summed E-state index contributed by atoms with van der Waals surface area (Å²) in [5.41, 5.74) is 1.28. The summed E-state index contributed by atoms with van der Waals surface area (Å²) < 4.78 is 0.701. The second-order valence-corrected chi connectivity index (χ2v) is 5.06. The minimum Gasteiger partial charge on any atom is -0.341 e. The van der Waals surface area contributed by atoms with E-state index in [9.17, 15) is 4.79 Å². The van der Waals surface area contributed by atoms with Crippen LogP contribution < -0.4 is 5.32 Å². The topological polar surface area (TPSA) is 96.5 Å². The zero-order valence-corrected chi connectivity index (χ0v) is 12.1. The van der Waals surface area contributed by atoms with Crippen molar-refractivity contribution in [2.45, 2.75) is 0 Å². The number of carbonyl (C=O) groups excluding carboxylic acids is 1. The molecule has 0 unspecified atom stereocenters. The minimum absolute atomic E-state index is 0.0829. The average molecular weight is 354 g/mol. The van der Waals surface area contributed by atoms with Gasteiger partial charge in [0, 0.05) is 16.9 Å². The Balaban J connectivity index is 1.91. The quantitative estimate of drug-likeness (QED) is 0.690. The molecule has 0 aliphatic carbocycles. The zero-order valence-electron chi connectivity index (χ0n) is 9.76. The molecule has 0 saturated heterocycles. The Kier molecular flexibility index (Phi) is 3.33. The molecule has 7 nitrogen and oxygen atoms in total. The van der Waals surface area contributed by atoms with Gasteiger partial charge in [-0.3, -0.25) is 15.1 Å². The van der Waals surface area contributed by atoms with E-state index in [2.05, 4.69) is 46.2 Å². The molecule has 0 fully saturated rings. The van der Waals surface area contributed by atoms with E-state index in [0.717, 1.165) is 0 Å². The number of hydrogen-bond acceptors (Lipinski definition) is 5. The summed E-state index contributed by atoms with van der Waals surface area (Å²) in [4.78, 5) is 30.8. The van der Waals surface area contributed by atoms with Crippen LogP contribution in [-0.4, -0.2) is 30.8 Å². The van der Waals surface area contributed by atoms with Crippen LogP contribution in [0.3, 0.4) is 0 Å². The normalized spacial score (nSPS) is 10.7. The highest BCUT2D eigenvalue weighted by atomic mass is 79.9. The number of nitrogens with one attached hydrogen (secondary N) is 2. The molecule has 0 atom stereocenters. The van der Waals surface area contributed by atoms with Crippen LogP contribution in [0.25, 0.3) is 11.2 Å². The van der Waals surface area contributed by atoms with Crippen molar-refractivity contribution in [3.63, 3.8) is 0 Å². The van der Waals surface area contributed by atoms with Crippen molar-refractivity contribution < 1.29 is 4.79 Å². The second kappa shape index (κ2) is 5.14. The van der Waals surface area contributed by atoms with Gasteiger partial charge in [-0.05, 0) is 22.0 Å². The molecule has 0 bridgehead atoms. The third kappa shape index (κ3) is 2.47. The number of aromatic nitrogens is 5. The fourth-order valence-corrected chi connectivity index (χ4v) is 2.15. The average Bonchev–Trinajstić information content (AvgIpc) is 2.87. The van der Waals surface area contributed by atoms with Crippen molar-refractivity contribution in [1.82, 2.24) is 24.9 Å². The van der Waals surface area contributed by atoms with Crippen LogP contribution in [0.4, 0.5) is 5.95 Å². The van der Waals surface area contributed by atoms with Gasteiger partial charge in [-0.2, -0.15) is 9.97 Å². The summed E-state index contributed by atoms with van der Waals surface area (Å²) in [5.74, 6) is -0.302. The third-order valence-electron chi connectivity index (χ3n) is 2.43. The number of pyridine rings is 1. The van der Waals surface area contributed by atoms with E-state index in [1.807, 2.05) is 0 Å². The first-order valence-electron chi connectivity index (χ1n) is 5.42. The molecule has 100 valence electrons. The molecule has 3 heterocycles. The van der Waals surface area contributed by atoms with Gasteiger partial charge in [0.25, 0.3) is 5.91 Å². The summed E-state index contributed by atoms with van der Waals surface area (Å²) in [6.07, 6.45) is 4.48. The minimum atomic E-state index is -0.384. The number of fused-ring (bicyclic) bond motifs is 1. The molecule has 20 heavy (non-hydrogen) atoms. The molecule has 9 heteroatoms. The van der Waals surface area contributed by atoms with E-state index >= 15 is 0 Å². The molecule has 3 rings (SSSR count). The van der Waals surface area contributed by atoms with E-state index in [0.29, 0.717) is 21.2 Å². The lowest BCUT2D eigenvalue weighted by Crippen LogP contribution is -2.14. The highest BCUT2D eigenvalue weighted by molar-refractivity contribution is 9.10. The predicted molar refractivity (Wildman–Crippen MR) is 76.6 cm³/mol. The highest BCUT2D eigenvalue weighted by Gasteiger charge is 2.12. The third-order valence-corrected chi connectivity index (χ3v) is 3.14. The summed E-state index contributed by atoms with van der Waals surface area (Å²) >= 11 is 9.21. The largest absolute Gasteiger partial charge is 0.341 e. The fraction of sp³-hybridized carbons (Fsp3) is 0. The van der Waals surface area contributed by atoms with E-state index < -0.39 is 0 Å². The predicted octanol–water partition coefficient (Wildman–Crippen LogP) is 2.42. The number of carbonyl (C=O) groups is 1. The Bertz CT molecular complexity index is 804. The van der Waals surface area contributed by atoms with Crippen LogP contribution in [-0.2, 0) is 0 Å². The van der Waals surface area contributed by atoms with E-state index in [4.69, 9.17) is 11.6 Å². The van der Waals surface area contributed by atoms with Crippen molar-refractivity contribution in [3.8, 4) is 0 Å². The molecule has 1 amide bonds. The Labute approximate surface area is 126 Å². The molecule has 0 aliphatic rings. The van der Waals surface area contributed by atoms with E-state index in [1.54, 1.807) is 12.3 Å². The monoisotopic (exact) mass is 352 g/mol. The van der Waals surface area contributed by atoms with Gasteiger partial charge in [0.1, 0.15) is 5.52 Å². The molecule has 0 aliphatic heterocycles. The van der Waals surface area contributed by atoms with Crippen LogP contribution in [0.15, 0.2) is 29.3 Å². The number of hydrogen-bond donors (Lipinski definition) is 2. The molecule has 3 aromatic heterocycles. The number of anilines is 1. The number of nitrogens with zero attached hydrogens (tertiary/aromatic N) is 4. The van der Waals surface area contributed by atoms with E-state index in [1.165, 1.54) is 12.5 Å². The first kappa shape index (κ1) is 12.9. The van der Waals surface area contributed by atoms with Gasteiger partial charge in [0.05, 0.1) is 11.9 Å². The highest BCUT2D eigenvalue weighted by Crippen LogP contribution is 2.18. The Morgan fingerprint density at radius 3 is 3.00 bits per heavy atom. The lowest BCUT2D eigenvalue weighted by atomic mass is 10.3. The number of imidazole rings is 1. The molecule has 0 radical (unpaired) electrons. The first-order chi connectivity index (χ1) is 9.63. The van der Waals surface area contributed by atoms with Crippen molar-refractivity contribution in [3.05, 3.63) is 40.0 Å². The van der Waals surface area contributed by atoms with Crippen LogP contribution in [0.2, 0.25) is 5.15 Å². The standard InChI is InChI=1S/C11H6BrClN6O/c12-6-1-5(2-14-3-6)10(20)19-11-17-8(13)7-9(18-11)16-4-15-7/h1-4H,(H2,15,16,17,18,19,20). The Morgan fingerprint density at radius 1 is 1.35 bits per heavy atom. The van der Waals surface area contributed by atoms with Gasteiger partial charge in [-0.25, -0.2) is 4.98 Å². The summed E-state index contributed by atoms with van der Waals surface area (Å²) in [6, 6.07) is 1.64. The Morgan fingerprint density at radius 2 is 2.20 bits per heavy atom. The van der Waals surface area contributed by atoms with Gasteiger partial charge in [0.2, 0.25) is 5.95 Å². The molecule has 2 N–H and O–H groups in total. The lowest BCUT2D eigenvalue weighted by Gasteiger charge is -2.04. The molecule has 0 aromatic carbocycles. The molecular weight excluding hydrogens is 348 g/mol. The van der Waals surface area contributed by atoms with Crippen molar-refractivity contribution in [1.29, 1.82) is 0 Å². The lowest BCUT2D eigenvalue weighted by molar-refractivity contribution is 0.102. The van der Waals surface area contributed by atoms with Crippen LogP contribution in [0.5, 0.6) is 0 Å².